The summed E-state index contributed by atoms with van der Waals surface area (Å²) in [5.41, 5.74) is -0.129. The normalized spacial score (nSPS) is 19.0. The van der Waals surface area contributed by atoms with Gasteiger partial charge in [0.05, 0.1) is 5.56 Å². The molecule has 0 saturated carbocycles. The highest BCUT2D eigenvalue weighted by Gasteiger charge is 2.25. The van der Waals surface area contributed by atoms with E-state index in [-0.39, 0.29) is 6.09 Å². The fourth-order valence-electron chi connectivity index (χ4n) is 2.64. The fourth-order valence-corrected chi connectivity index (χ4v) is 3.45. The van der Waals surface area contributed by atoms with Crippen molar-refractivity contribution in [1.29, 1.82) is 0 Å². The lowest BCUT2D eigenvalue weighted by molar-refractivity contribution is 0.0256. The van der Waals surface area contributed by atoms with Crippen molar-refractivity contribution in [3.05, 3.63) is 21.9 Å². The summed E-state index contributed by atoms with van der Waals surface area (Å²) in [4.78, 5) is 25.8. The standard InChI is InChI=1S/C17H26N2O4S/c1-17(2,3)23-16(22)19-7-4-5-13(6-8-19)18-10-14-9-12(11-24-14)15(20)21/h9,11,13,18H,4-8,10H2,1-3H3,(H,20,21). The Hall–Kier alpha value is -1.60. The Bertz CT molecular complexity index is 579. The molecule has 1 aromatic rings. The quantitative estimate of drug-likeness (QED) is 0.867. The molecule has 1 aromatic heterocycles. The number of amides is 1. The molecule has 1 aliphatic rings. The largest absolute Gasteiger partial charge is 0.478 e. The highest BCUT2D eigenvalue weighted by atomic mass is 32.1. The van der Waals surface area contributed by atoms with Gasteiger partial charge < -0.3 is 20.1 Å². The van der Waals surface area contributed by atoms with Gasteiger partial charge in [0.25, 0.3) is 0 Å². The van der Waals surface area contributed by atoms with Gasteiger partial charge in [-0.2, -0.15) is 0 Å². The van der Waals surface area contributed by atoms with E-state index in [2.05, 4.69) is 5.32 Å². The Labute approximate surface area is 146 Å². The lowest BCUT2D eigenvalue weighted by Crippen LogP contribution is -2.38. The summed E-state index contributed by atoms with van der Waals surface area (Å²) in [6.07, 6.45) is 2.56. The second kappa shape index (κ2) is 7.98. The number of aromatic carboxylic acids is 1. The molecule has 1 fully saturated rings. The van der Waals surface area contributed by atoms with Crippen molar-refractivity contribution in [1.82, 2.24) is 10.2 Å². The summed E-state index contributed by atoms with van der Waals surface area (Å²) in [6, 6.07) is 2.04. The minimum Gasteiger partial charge on any atom is -0.478 e. The number of hydrogen-bond donors (Lipinski definition) is 2. The van der Waals surface area contributed by atoms with Gasteiger partial charge in [-0.1, -0.05) is 0 Å². The monoisotopic (exact) mass is 354 g/mol. The first-order valence-corrected chi connectivity index (χ1v) is 9.14. The van der Waals surface area contributed by atoms with Crippen LogP contribution in [-0.4, -0.2) is 46.8 Å². The van der Waals surface area contributed by atoms with Gasteiger partial charge in [0.15, 0.2) is 0 Å². The first-order chi connectivity index (χ1) is 11.2. The van der Waals surface area contributed by atoms with Gasteiger partial charge in [-0.05, 0) is 46.1 Å². The van der Waals surface area contributed by atoms with Gasteiger partial charge in [-0.25, -0.2) is 9.59 Å². The predicted molar refractivity (Wildman–Crippen MR) is 93.6 cm³/mol. The van der Waals surface area contributed by atoms with Gasteiger partial charge in [0.2, 0.25) is 0 Å². The summed E-state index contributed by atoms with van der Waals surface area (Å²) in [5.74, 6) is -0.889. The van der Waals surface area contributed by atoms with E-state index in [1.165, 1.54) is 11.3 Å². The molecule has 2 N–H and O–H groups in total. The molecule has 1 amide bonds. The maximum atomic E-state index is 12.1. The van der Waals surface area contributed by atoms with Crippen LogP contribution in [0.1, 0.15) is 55.3 Å². The molecule has 24 heavy (non-hydrogen) atoms. The van der Waals surface area contributed by atoms with E-state index in [4.69, 9.17) is 9.84 Å². The lowest BCUT2D eigenvalue weighted by atomic mass is 10.1. The second-order valence-corrected chi connectivity index (χ2v) is 8.08. The average molecular weight is 354 g/mol. The van der Waals surface area contributed by atoms with Crippen LogP contribution in [0.15, 0.2) is 11.4 Å². The van der Waals surface area contributed by atoms with Crippen molar-refractivity contribution in [3.8, 4) is 0 Å². The molecule has 0 aromatic carbocycles. The van der Waals surface area contributed by atoms with Gasteiger partial charge in [-0.15, -0.1) is 11.3 Å². The van der Waals surface area contributed by atoms with Gasteiger partial charge in [0, 0.05) is 35.9 Å². The number of rotatable bonds is 4. The zero-order chi connectivity index (χ0) is 17.7. The predicted octanol–water partition coefficient (Wildman–Crippen LogP) is 3.33. The number of nitrogens with one attached hydrogen (secondary N) is 1. The van der Waals surface area contributed by atoms with E-state index in [9.17, 15) is 9.59 Å². The summed E-state index contributed by atoms with van der Waals surface area (Å²) in [6.45, 7) is 7.68. The molecule has 1 aliphatic heterocycles. The third kappa shape index (κ3) is 5.79. The Morgan fingerprint density at radius 2 is 2.12 bits per heavy atom. The Kier molecular flexibility index (Phi) is 6.23. The number of likely N-dealkylation sites (tertiary alicyclic amines) is 1. The van der Waals surface area contributed by atoms with Crippen molar-refractivity contribution < 1.29 is 19.4 Å². The number of carboxylic acids is 1. The minimum absolute atomic E-state index is 0.243. The molecule has 1 saturated heterocycles. The zero-order valence-corrected chi connectivity index (χ0v) is 15.3. The first kappa shape index (κ1) is 18.7. The molecular formula is C17H26N2O4S. The molecule has 0 bridgehead atoms. The van der Waals surface area contributed by atoms with Crippen molar-refractivity contribution in [2.75, 3.05) is 13.1 Å². The molecule has 0 aliphatic carbocycles. The number of ether oxygens (including phenoxy) is 1. The van der Waals surface area contributed by atoms with Crippen LogP contribution in [0.3, 0.4) is 0 Å². The van der Waals surface area contributed by atoms with Crippen molar-refractivity contribution in [2.24, 2.45) is 0 Å². The van der Waals surface area contributed by atoms with Crippen LogP contribution in [0.4, 0.5) is 4.79 Å². The number of carbonyl (C=O) groups excluding carboxylic acids is 1. The first-order valence-electron chi connectivity index (χ1n) is 8.26. The molecule has 2 heterocycles. The SMILES string of the molecule is CC(C)(C)OC(=O)N1CCCC(NCc2cc(C(=O)O)cs2)CC1. The molecule has 1 atom stereocenters. The maximum absolute atomic E-state index is 12.1. The summed E-state index contributed by atoms with van der Waals surface area (Å²) < 4.78 is 5.44. The van der Waals surface area contributed by atoms with Crippen LogP contribution in [-0.2, 0) is 11.3 Å². The molecule has 0 radical (unpaired) electrons. The van der Waals surface area contributed by atoms with Crippen molar-refractivity contribution in [3.63, 3.8) is 0 Å². The van der Waals surface area contributed by atoms with Gasteiger partial charge >= 0.3 is 12.1 Å². The van der Waals surface area contributed by atoms with E-state index in [1.807, 2.05) is 20.8 Å². The Morgan fingerprint density at radius 1 is 1.38 bits per heavy atom. The molecule has 7 heteroatoms. The van der Waals surface area contributed by atoms with Crippen LogP contribution in [0.5, 0.6) is 0 Å². The molecule has 134 valence electrons. The zero-order valence-electron chi connectivity index (χ0n) is 14.5. The second-order valence-electron chi connectivity index (χ2n) is 7.08. The molecule has 0 spiro atoms. The molecule has 6 nitrogen and oxygen atoms in total. The van der Waals surface area contributed by atoms with Crippen LogP contribution < -0.4 is 5.32 Å². The van der Waals surface area contributed by atoms with Gasteiger partial charge in [0.1, 0.15) is 5.60 Å². The average Bonchev–Trinajstić information content (AvgIpc) is 2.82. The van der Waals surface area contributed by atoms with E-state index >= 15 is 0 Å². The highest BCUT2D eigenvalue weighted by molar-refractivity contribution is 7.10. The number of carbonyl (C=O) groups is 2. The number of hydrogen-bond acceptors (Lipinski definition) is 5. The number of carboxylic acid groups (broad SMARTS) is 1. The van der Waals surface area contributed by atoms with E-state index in [0.717, 1.165) is 30.7 Å². The van der Waals surface area contributed by atoms with Crippen LogP contribution in [0.25, 0.3) is 0 Å². The van der Waals surface area contributed by atoms with Crippen LogP contribution in [0, 0.1) is 0 Å². The van der Waals surface area contributed by atoms with Gasteiger partial charge in [-0.3, -0.25) is 0 Å². The van der Waals surface area contributed by atoms with Crippen LogP contribution >= 0.6 is 11.3 Å². The number of nitrogens with zero attached hydrogens (tertiary/aromatic N) is 1. The van der Waals surface area contributed by atoms with Crippen molar-refractivity contribution >= 4 is 23.4 Å². The molecule has 2 rings (SSSR count). The molecule has 1 unspecified atom stereocenters. The topological polar surface area (TPSA) is 78.9 Å². The highest BCUT2D eigenvalue weighted by Crippen LogP contribution is 2.18. The summed E-state index contributed by atoms with van der Waals surface area (Å²) in [5, 5.41) is 14.1. The molecular weight excluding hydrogens is 328 g/mol. The number of thiophene rings is 1. The van der Waals surface area contributed by atoms with Crippen molar-refractivity contribution in [2.45, 2.75) is 58.2 Å². The summed E-state index contributed by atoms with van der Waals surface area (Å²) in [7, 11) is 0. The van der Waals surface area contributed by atoms with Crippen LogP contribution in [0.2, 0.25) is 0 Å². The van der Waals surface area contributed by atoms with E-state index in [1.54, 1.807) is 16.3 Å². The van der Waals surface area contributed by atoms with E-state index in [0.29, 0.717) is 24.7 Å². The lowest BCUT2D eigenvalue weighted by Gasteiger charge is -2.26. The third-order valence-electron chi connectivity index (χ3n) is 3.85. The maximum Gasteiger partial charge on any atom is 0.410 e. The Morgan fingerprint density at radius 3 is 2.75 bits per heavy atom. The summed E-state index contributed by atoms with van der Waals surface area (Å²) >= 11 is 1.46. The third-order valence-corrected chi connectivity index (χ3v) is 4.78. The Balaban J connectivity index is 1.80. The fraction of sp³-hybridized carbons (Fsp3) is 0.647. The minimum atomic E-state index is -0.889. The smallest absolute Gasteiger partial charge is 0.410 e. The van der Waals surface area contributed by atoms with E-state index < -0.39 is 11.6 Å².